The average molecular weight is 431 g/mol. The van der Waals surface area contributed by atoms with Gasteiger partial charge in [0, 0.05) is 12.0 Å². The van der Waals surface area contributed by atoms with Gasteiger partial charge in [0.15, 0.2) is 0 Å². The molecular formula is C25H21NO6. The number of furan rings is 1. The summed E-state index contributed by atoms with van der Waals surface area (Å²) in [6.07, 6.45) is 2.21. The molecule has 0 saturated carbocycles. The van der Waals surface area contributed by atoms with Crippen molar-refractivity contribution < 1.29 is 28.6 Å². The minimum atomic E-state index is -0.940. The van der Waals surface area contributed by atoms with Crippen molar-refractivity contribution in [3.8, 4) is 11.5 Å². The first-order valence-corrected chi connectivity index (χ1v) is 10.3. The summed E-state index contributed by atoms with van der Waals surface area (Å²) in [6.45, 7) is 1.97. The minimum absolute atomic E-state index is 0.0391. The first kappa shape index (κ1) is 19.9. The number of aliphatic hydroxyl groups is 1. The third-order valence-corrected chi connectivity index (χ3v) is 5.77. The van der Waals surface area contributed by atoms with Gasteiger partial charge in [0.1, 0.15) is 35.2 Å². The summed E-state index contributed by atoms with van der Waals surface area (Å²) in [6, 6.07) is 14.6. The van der Waals surface area contributed by atoms with Crippen molar-refractivity contribution in [3.05, 3.63) is 83.3 Å². The molecule has 7 nitrogen and oxygen atoms in total. The smallest absolute Gasteiger partial charge is 0.300 e. The SMILES string of the molecule is COc1ccccc1N1C(=O)C(=O)/C(=C(\O)c2ccc3c(c2)CC(C)O3)C1c1ccco1. The van der Waals surface area contributed by atoms with Gasteiger partial charge in [0.2, 0.25) is 0 Å². The van der Waals surface area contributed by atoms with Crippen LogP contribution in [0.3, 0.4) is 0 Å². The number of anilines is 1. The Morgan fingerprint density at radius 2 is 1.94 bits per heavy atom. The van der Waals surface area contributed by atoms with Crippen LogP contribution < -0.4 is 14.4 Å². The van der Waals surface area contributed by atoms with Gasteiger partial charge in [-0.05, 0) is 55.0 Å². The molecule has 162 valence electrons. The van der Waals surface area contributed by atoms with Crippen LogP contribution >= 0.6 is 0 Å². The van der Waals surface area contributed by atoms with E-state index >= 15 is 0 Å². The number of ether oxygens (including phenoxy) is 2. The zero-order valence-corrected chi connectivity index (χ0v) is 17.6. The van der Waals surface area contributed by atoms with Crippen molar-refractivity contribution in [2.75, 3.05) is 12.0 Å². The van der Waals surface area contributed by atoms with Crippen molar-refractivity contribution >= 4 is 23.1 Å². The molecule has 2 unspecified atom stereocenters. The third kappa shape index (κ3) is 3.05. The predicted molar refractivity (Wildman–Crippen MR) is 117 cm³/mol. The Morgan fingerprint density at radius 3 is 2.69 bits per heavy atom. The normalized spacial score (nSPS) is 21.5. The number of carbonyl (C=O) groups excluding carboxylic acids is 2. The summed E-state index contributed by atoms with van der Waals surface area (Å²) in [5.74, 6) is -0.282. The van der Waals surface area contributed by atoms with E-state index in [1.54, 1.807) is 54.6 Å². The average Bonchev–Trinajstić information content (AvgIpc) is 3.51. The lowest BCUT2D eigenvalue weighted by Crippen LogP contribution is -2.29. The number of rotatable bonds is 4. The topological polar surface area (TPSA) is 89.2 Å². The zero-order chi connectivity index (χ0) is 22.4. The molecule has 0 aliphatic carbocycles. The lowest BCUT2D eigenvalue weighted by Gasteiger charge is -2.24. The van der Waals surface area contributed by atoms with Crippen LogP contribution in [0.25, 0.3) is 5.76 Å². The van der Waals surface area contributed by atoms with Crippen molar-refractivity contribution in [1.29, 1.82) is 0 Å². The Kier molecular flexibility index (Phi) is 4.74. The van der Waals surface area contributed by atoms with E-state index in [0.717, 1.165) is 11.3 Å². The number of ketones is 1. The van der Waals surface area contributed by atoms with Crippen LogP contribution in [0.2, 0.25) is 0 Å². The molecule has 0 spiro atoms. The summed E-state index contributed by atoms with van der Waals surface area (Å²) >= 11 is 0. The molecule has 1 saturated heterocycles. The molecule has 5 rings (SSSR count). The molecule has 32 heavy (non-hydrogen) atoms. The number of nitrogens with zero attached hydrogens (tertiary/aromatic N) is 1. The standard InChI is InChI=1S/C25H21NO6/c1-14-12-16-13-15(9-10-18(16)32-14)23(27)21-22(20-8-5-11-31-20)26(25(29)24(21)28)17-6-3-4-7-19(17)30-2/h3-11,13-14,22,27H,12H2,1-2H3/b23-21-. The molecule has 1 aromatic heterocycles. The van der Waals surface area contributed by atoms with Crippen molar-refractivity contribution in [1.82, 2.24) is 0 Å². The van der Waals surface area contributed by atoms with Gasteiger partial charge in [-0.1, -0.05) is 12.1 Å². The van der Waals surface area contributed by atoms with Gasteiger partial charge >= 0.3 is 0 Å². The maximum Gasteiger partial charge on any atom is 0.300 e. The number of para-hydroxylation sites is 2. The number of benzene rings is 2. The molecule has 3 aromatic rings. The van der Waals surface area contributed by atoms with E-state index in [4.69, 9.17) is 13.9 Å². The van der Waals surface area contributed by atoms with E-state index in [0.29, 0.717) is 29.2 Å². The predicted octanol–water partition coefficient (Wildman–Crippen LogP) is 4.24. The second kappa shape index (κ2) is 7.60. The fraction of sp³-hybridized carbons (Fsp3) is 0.200. The molecule has 0 bridgehead atoms. The number of carbonyl (C=O) groups is 2. The van der Waals surface area contributed by atoms with Gasteiger partial charge in [0.05, 0.1) is 24.6 Å². The highest BCUT2D eigenvalue weighted by Gasteiger charge is 2.49. The van der Waals surface area contributed by atoms with Crippen LogP contribution in [-0.2, 0) is 16.0 Å². The van der Waals surface area contributed by atoms with Crippen LogP contribution in [0, 0.1) is 0 Å². The van der Waals surface area contributed by atoms with Crippen LogP contribution in [-0.4, -0.2) is 30.0 Å². The molecule has 2 aliphatic rings. The summed E-state index contributed by atoms with van der Waals surface area (Å²) in [5.41, 5.74) is 1.75. The summed E-state index contributed by atoms with van der Waals surface area (Å²) < 4.78 is 16.7. The number of amides is 1. The highest BCUT2D eigenvalue weighted by Crippen LogP contribution is 2.45. The molecule has 2 atom stereocenters. The van der Waals surface area contributed by atoms with Crippen LogP contribution in [0.15, 0.2) is 70.9 Å². The highest BCUT2D eigenvalue weighted by atomic mass is 16.5. The minimum Gasteiger partial charge on any atom is -0.507 e. The molecule has 0 radical (unpaired) electrons. The van der Waals surface area contributed by atoms with Crippen molar-refractivity contribution in [3.63, 3.8) is 0 Å². The monoisotopic (exact) mass is 431 g/mol. The summed E-state index contributed by atoms with van der Waals surface area (Å²) in [4.78, 5) is 27.7. The molecule has 1 amide bonds. The molecule has 7 heteroatoms. The number of Topliss-reactive ketones (excluding diaryl/α,β-unsaturated/α-hetero) is 1. The second-order valence-corrected chi connectivity index (χ2v) is 7.81. The van der Waals surface area contributed by atoms with E-state index < -0.39 is 17.7 Å². The van der Waals surface area contributed by atoms with Gasteiger partial charge in [-0.2, -0.15) is 0 Å². The van der Waals surface area contributed by atoms with E-state index in [1.165, 1.54) is 18.3 Å². The number of methoxy groups -OCH3 is 1. The Hall–Kier alpha value is -4.00. The van der Waals surface area contributed by atoms with E-state index in [9.17, 15) is 14.7 Å². The second-order valence-electron chi connectivity index (χ2n) is 7.81. The van der Waals surface area contributed by atoms with Gasteiger partial charge in [-0.15, -0.1) is 0 Å². The van der Waals surface area contributed by atoms with Crippen LogP contribution in [0.1, 0.15) is 29.9 Å². The lowest BCUT2D eigenvalue weighted by atomic mass is 9.97. The Balaban J connectivity index is 1.69. The quantitative estimate of drug-likeness (QED) is 0.378. The van der Waals surface area contributed by atoms with Gasteiger partial charge in [-0.25, -0.2) is 0 Å². The highest BCUT2D eigenvalue weighted by molar-refractivity contribution is 6.51. The van der Waals surface area contributed by atoms with Gasteiger partial charge in [0.25, 0.3) is 11.7 Å². The zero-order valence-electron chi connectivity index (χ0n) is 17.6. The first-order valence-electron chi connectivity index (χ1n) is 10.3. The van der Waals surface area contributed by atoms with Crippen molar-refractivity contribution in [2.24, 2.45) is 0 Å². The first-order chi connectivity index (χ1) is 15.5. The molecule has 2 aliphatic heterocycles. The molecule has 2 aromatic carbocycles. The van der Waals surface area contributed by atoms with Gasteiger partial charge in [-0.3, -0.25) is 14.5 Å². The maximum absolute atomic E-state index is 13.2. The summed E-state index contributed by atoms with van der Waals surface area (Å²) in [7, 11) is 1.49. The van der Waals surface area contributed by atoms with Crippen molar-refractivity contribution in [2.45, 2.75) is 25.5 Å². The largest absolute Gasteiger partial charge is 0.507 e. The Bertz CT molecular complexity index is 1240. The van der Waals surface area contributed by atoms with Crippen LogP contribution in [0.5, 0.6) is 11.5 Å². The summed E-state index contributed by atoms with van der Waals surface area (Å²) in [5, 5.41) is 11.2. The maximum atomic E-state index is 13.2. The lowest BCUT2D eigenvalue weighted by molar-refractivity contribution is -0.132. The van der Waals surface area contributed by atoms with E-state index in [2.05, 4.69) is 0 Å². The molecule has 1 fully saturated rings. The van der Waals surface area contributed by atoms with Gasteiger partial charge < -0.3 is 19.0 Å². The van der Waals surface area contributed by atoms with E-state index in [1.807, 2.05) is 6.92 Å². The third-order valence-electron chi connectivity index (χ3n) is 5.77. The molecule has 3 heterocycles. The number of aliphatic hydroxyl groups excluding tert-OH is 1. The number of hydrogen-bond acceptors (Lipinski definition) is 6. The fourth-order valence-electron chi connectivity index (χ4n) is 4.35. The fourth-order valence-corrected chi connectivity index (χ4v) is 4.35. The Morgan fingerprint density at radius 1 is 1.12 bits per heavy atom. The number of hydrogen-bond donors (Lipinski definition) is 1. The number of fused-ring (bicyclic) bond motifs is 1. The molecular weight excluding hydrogens is 410 g/mol. The Labute approximate surface area is 184 Å². The molecule has 1 N–H and O–H groups in total. The van der Waals surface area contributed by atoms with E-state index in [-0.39, 0.29) is 17.4 Å². The van der Waals surface area contributed by atoms with Crippen LogP contribution in [0.4, 0.5) is 5.69 Å².